The molecule has 0 saturated carbocycles. The molecular formula is C45H44O16. The Bertz CT molecular complexity index is 1800. The molecule has 0 N–H and O–H groups in total. The van der Waals surface area contributed by atoms with Crippen molar-refractivity contribution in [1.82, 2.24) is 0 Å². The first-order chi connectivity index (χ1) is 29.8. The molecule has 0 amide bonds. The molecule has 61 heavy (non-hydrogen) atoms. The molecule has 4 heterocycles. The average molecular weight is 841 g/mol. The van der Waals surface area contributed by atoms with E-state index in [4.69, 9.17) is 56.8 Å². The number of benzene rings is 4. The van der Waals surface area contributed by atoms with Gasteiger partial charge in [-0.05, 0) is 70.8 Å². The molecule has 4 atom stereocenters. The van der Waals surface area contributed by atoms with Gasteiger partial charge in [-0.1, -0.05) is 48.5 Å². The van der Waals surface area contributed by atoms with Crippen LogP contribution in [0.1, 0.15) is 63.7 Å². The van der Waals surface area contributed by atoms with Crippen LogP contribution in [0.4, 0.5) is 0 Å². The van der Waals surface area contributed by atoms with Crippen LogP contribution < -0.4 is 0 Å². The molecule has 4 aromatic carbocycles. The second-order valence-corrected chi connectivity index (χ2v) is 14.7. The first-order valence-corrected chi connectivity index (χ1v) is 19.8. The predicted molar refractivity (Wildman–Crippen MR) is 208 cm³/mol. The van der Waals surface area contributed by atoms with E-state index in [-0.39, 0.29) is 77.3 Å². The molecule has 4 fully saturated rings. The third kappa shape index (κ3) is 13.2. The zero-order chi connectivity index (χ0) is 42.0. The minimum absolute atomic E-state index is 0.0597. The van der Waals surface area contributed by atoms with Crippen molar-refractivity contribution in [2.24, 2.45) is 0 Å². The fourth-order valence-electron chi connectivity index (χ4n) is 5.55. The smallest absolute Gasteiger partial charge is 0.414 e. The first-order valence-electron chi connectivity index (χ1n) is 19.8. The van der Waals surface area contributed by atoms with E-state index in [0.717, 1.165) is 0 Å². The largest absolute Gasteiger partial charge is 0.459 e. The Morgan fingerprint density at radius 1 is 0.377 bits per heavy atom. The van der Waals surface area contributed by atoms with Gasteiger partial charge in [-0.3, -0.25) is 18.9 Å². The van der Waals surface area contributed by atoms with Gasteiger partial charge in [-0.15, -0.1) is 0 Å². The summed E-state index contributed by atoms with van der Waals surface area (Å²) in [6, 6.07) is 26.7. The van der Waals surface area contributed by atoms with Crippen molar-refractivity contribution in [3.8, 4) is 0 Å². The zero-order valence-corrected chi connectivity index (χ0v) is 33.1. The number of carbonyl (C=O) groups is 4. The fraction of sp³-hybridized carbons (Fsp3) is 0.378. The van der Waals surface area contributed by atoms with Gasteiger partial charge in [0.2, 0.25) is 0 Å². The molecule has 0 radical (unpaired) electrons. The quantitative estimate of drug-likeness (QED) is 0.0408. The van der Waals surface area contributed by atoms with Crippen LogP contribution in [0.5, 0.6) is 0 Å². The van der Waals surface area contributed by atoms with E-state index >= 15 is 0 Å². The van der Waals surface area contributed by atoms with Gasteiger partial charge in [0.25, 0.3) is 0 Å². The highest BCUT2D eigenvalue weighted by atomic mass is 17.0. The SMILES string of the molecule is O=C(OCC1CO1)c1ccc(COC(OCc2ccc(C(=O)OCC3CO3)cc2)(OCc2ccc(C(=O)OCC3CO3)cc2)OCc2ccc(C(=O)OCC3CO3)cc2)cc1. The Hall–Kier alpha value is -5.56. The average Bonchev–Trinajstić information content (AvgIpc) is 4.08. The van der Waals surface area contributed by atoms with Crippen LogP contribution in [0.3, 0.4) is 0 Å². The van der Waals surface area contributed by atoms with E-state index < -0.39 is 30.0 Å². The third-order valence-electron chi connectivity index (χ3n) is 9.63. The van der Waals surface area contributed by atoms with Gasteiger partial charge in [0.05, 0.1) is 75.1 Å². The number of esters is 4. The van der Waals surface area contributed by atoms with E-state index in [1.165, 1.54) is 0 Å². The fourth-order valence-corrected chi connectivity index (χ4v) is 5.55. The summed E-state index contributed by atoms with van der Waals surface area (Å²) in [6.45, 7) is 2.66. The molecule has 16 nitrogen and oxygen atoms in total. The lowest BCUT2D eigenvalue weighted by atomic mass is 10.1. The molecule has 8 rings (SSSR count). The van der Waals surface area contributed by atoms with E-state index in [0.29, 0.717) is 70.9 Å². The molecule has 0 aliphatic carbocycles. The van der Waals surface area contributed by atoms with Crippen LogP contribution in [0.25, 0.3) is 0 Å². The van der Waals surface area contributed by atoms with Crippen LogP contribution in [-0.2, 0) is 83.3 Å². The van der Waals surface area contributed by atoms with Gasteiger partial charge in [0.1, 0.15) is 50.8 Å². The Morgan fingerprint density at radius 3 is 0.754 bits per heavy atom. The number of epoxide rings is 4. The molecule has 4 aliphatic rings. The highest BCUT2D eigenvalue weighted by Gasteiger charge is 2.37. The maximum absolute atomic E-state index is 12.6. The molecule has 320 valence electrons. The lowest BCUT2D eigenvalue weighted by molar-refractivity contribution is -0.513. The Balaban J connectivity index is 0.993. The maximum atomic E-state index is 12.6. The van der Waals surface area contributed by atoms with Crippen LogP contribution >= 0.6 is 0 Å². The highest BCUT2D eigenvalue weighted by molar-refractivity contribution is 5.91. The van der Waals surface area contributed by atoms with Crippen LogP contribution in [-0.4, -0.2) is 107 Å². The van der Waals surface area contributed by atoms with Crippen molar-refractivity contribution in [2.75, 3.05) is 52.9 Å². The van der Waals surface area contributed by atoms with Gasteiger partial charge in [0.15, 0.2) is 0 Å². The van der Waals surface area contributed by atoms with E-state index in [9.17, 15) is 19.2 Å². The van der Waals surface area contributed by atoms with E-state index in [1.54, 1.807) is 97.1 Å². The lowest BCUT2D eigenvalue weighted by Gasteiger charge is -2.32. The first kappa shape index (κ1) is 42.1. The second kappa shape index (κ2) is 19.9. The second-order valence-electron chi connectivity index (χ2n) is 14.7. The summed E-state index contributed by atoms with van der Waals surface area (Å²) in [5, 5.41) is 0. The van der Waals surface area contributed by atoms with Gasteiger partial charge in [-0.2, -0.15) is 0 Å². The summed E-state index contributed by atoms with van der Waals surface area (Å²) < 4.78 is 67.3. The molecule has 0 spiro atoms. The molecule has 0 aromatic heterocycles. The van der Waals surface area contributed by atoms with Gasteiger partial charge < -0.3 is 37.9 Å². The number of carbonyl (C=O) groups excluding carboxylic acids is 4. The van der Waals surface area contributed by atoms with Crippen LogP contribution in [0.15, 0.2) is 97.1 Å². The third-order valence-corrected chi connectivity index (χ3v) is 9.63. The normalized spacial score (nSPS) is 20.5. The van der Waals surface area contributed by atoms with Gasteiger partial charge in [0, 0.05) is 0 Å². The van der Waals surface area contributed by atoms with Gasteiger partial charge in [-0.25, -0.2) is 19.2 Å². The number of rotatable bonds is 24. The Labute approximate surface area is 350 Å². The van der Waals surface area contributed by atoms with Crippen molar-refractivity contribution < 1.29 is 76.0 Å². The summed E-state index contributed by atoms with van der Waals surface area (Å²) in [5.74, 6) is -1.90. The summed E-state index contributed by atoms with van der Waals surface area (Å²) >= 11 is 0. The summed E-state index contributed by atoms with van der Waals surface area (Å²) in [7, 11) is 0. The molecule has 16 heteroatoms. The van der Waals surface area contributed by atoms with E-state index in [1.807, 2.05) is 0 Å². The van der Waals surface area contributed by atoms with Crippen LogP contribution in [0.2, 0.25) is 0 Å². The van der Waals surface area contributed by atoms with E-state index in [2.05, 4.69) is 0 Å². The van der Waals surface area contributed by atoms with Crippen molar-refractivity contribution in [3.05, 3.63) is 142 Å². The van der Waals surface area contributed by atoms with Crippen molar-refractivity contribution in [2.45, 2.75) is 57.0 Å². The molecular weight excluding hydrogens is 796 g/mol. The monoisotopic (exact) mass is 840 g/mol. The van der Waals surface area contributed by atoms with Crippen molar-refractivity contribution in [3.63, 3.8) is 0 Å². The zero-order valence-electron chi connectivity index (χ0n) is 33.1. The number of hydrogen-bond donors (Lipinski definition) is 0. The van der Waals surface area contributed by atoms with Crippen molar-refractivity contribution >= 4 is 23.9 Å². The Kier molecular flexibility index (Phi) is 13.7. The summed E-state index contributed by atoms with van der Waals surface area (Å²) in [4.78, 5) is 50.3. The molecule has 4 unspecified atom stereocenters. The minimum Gasteiger partial charge on any atom is -0.459 e. The molecule has 0 bridgehead atoms. The lowest BCUT2D eigenvalue weighted by Crippen LogP contribution is -2.42. The predicted octanol–water partition coefficient (Wildman–Crippen LogP) is 4.69. The van der Waals surface area contributed by atoms with Crippen molar-refractivity contribution in [1.29, 1.82) is 0 Å². The maximum Gasteiger partial charge on any atom is 0.414 e. The summed E-state index contributed by atoms with van der Waals surface area (Å²) in [5.41, 5.74) is 4.04. The highest BCUT2D eigenvalue weighted by Crippen LogP contribution is 2.27. The number of ether oxygens (including phenoxy) is 12. The number of hydrogen-bond acceptors (Lipinski definition) is 16. The minimum atomic E-state index is -2.16. The molecule has 4 saturated heterocycles. The standard InChI is InChI=1S/C45H44O16/c46-41(54-25-37-21-50-37)33-9-1-29(2-10-33)17-58-45(59-18-30-3-11-34(12-4-30)42(47)55-26-38-22-51-38,60-19-31-5-13-35(14-6-31)43(48)56-27-39-23-52-39)61-20-32-7-15-36(16-8-32)44(49)57-28-40-24-53-40/h1-16,37-40H,17-28H2. The Morgan fingerprint density at radius 2 is 0.574 bits per heavy atom. The topological polar surface area (TPSA) is 192 Å². The van der Waals surface area contributed by atoms with Gasteiger partial charge >= 0.3 is 30.0 Å². The molecule has 4 aliphatic heterocycles. The van der Waals surface area contributed by atoms with Crippen LogP contribution in [0, 0.1) is 0 Å². The summed E-state index contributed by atoms with van der Waals surface area (Å²) in [6.07, 6.45) is -2.40. The molecule has 4 aromatic rings.